The van der Waals surface area contributed by atoms with Crippen LogP contribution in [0, 0.1) is 18.3 Å². The van der Waals surface area contributed by atoms with Crippen molar-refractivity contribution in [1.29, 1.82) is 0 Å². The number of hydrogen-bond donors (Lipinski definition) is 2. The zero-order valence-electron chi connectivity index (χ0n) is 10.6. The predicted molar refractivity (Wildman–Crippen MR) is 62.8 cm³/mol. The molecule has 4 nitrogen and oxygen atoms in total. The molecule has 0 bridgehead atoms. The molecule has 0 aliphatic rings. The Hall–Kier alpha value is -1.21. The molecule has 0 heterocycles. The Balaban J connectivity index is 4.43. The molecule has 16 heavy (non-hydrogen) atoms. The molecule has 0 aromatic rings. The molecule has 0 aromatic carbocycles. The van der Waals surface area contributed by atoms with Crippen LogP contribution in [0.15, 0.2) is 0 Å². The number of nitrogens with one attached hydrogen (secondary N) is 1. The zero-order valence-corrected chi connectivity index (χ0v) is 10.6. The van der Waals surface area contributed by atoms with Crippen molar-refractivity contribution in [2.24, 2.45) is 5.92 Å². The largest absolute Gasteiger partial charge is 0.444 e. The van der Waals surface area contributed by atoms with Gasteiger partial charge in [0.2, 0.25) is 0 Å². The van der Waals surface area contributed by atoms with E-state index >= 15 is 0 Å². The minimum atomic E-state index is -1.01. The van der Waals surface area contributed by atoms with E-state index in [9.17, 15) is 9.90 Å². The summed E-state index contributed by atoms with van der Waals surface area (Å²) in [7, 11) is 0. The van der Waals surface area contributed by atoms with Crippen LogP contribution in [0.5, 0.6) is 0 Å². The lowest BCUT2D eigenvalue weighted by molar-refractivity contribution is 0.0429. The summed E-state index contributed by atoms with van der Waals surface area (Å²) in [4.78, 5) is 11.5. The van der Waals surface area contributed by atoms with E-state index < -0.39 is 23.8 Å². The molecule has 1 amide bonds. The number of alkyl carbamates (subject to hydrolysis) is 1. The summed E-state index contributed by atoms with van der Waals surface area (Å²) in [5.41, 5.74) is -0.563. The number of carbonyl (C=O) groups is 1. The normalized spacial score (nSPS) is 15.1. The minimum absolute atomic E-state index is 0.0265. The van der Waals surface area contributed by atoms with Gasteiger partial charge in [-0.05, 0) is 26.7 Å². The molecule has 2 N–H and O–H groups in total. The Morgan fingerprint density at radius 3 is 2.25 bits per heavy atom. The summed E-state index contributed by atoms with van der Waals surface area (Å²) in [5, 5.41) is 12.1. The van der Waals surface area contributed by atoms with Crippen LogP contribution in [-0.2, 0) is 4.74 Å². The number of hydrogen-bond acceptors (Lipinski definition) is 3. The topological polar surface area (TPSA) is 58.6 Å². The van der Waals surface area contributed by atoms with Crippen LogP contribution in [0.1, 0.15) is 34.6 Å². The van der Waals surface area contributed by atoms with Gasteiger partial charge in [-0.3, -0.25) is 0 Å². The van der Waals surface area contributed by atoms with E-state index in [4.69, 9.17) is 11.2 Å². The lowest BCUT2D eigenvalue weighted by atomic mass is 9.99. The average Bonchev–Trinajstić information content (AvgIpc) is 2.09. The second-order valence-electron chi connectivity index (χ2n) is 5.03. The van der Waals surface area contributed by atoms with E-state index in [1.807, 2.05) is 13.8 Å². The van der Waals surface area contributed by atoms with Crippen molar-refractivity contribution in [3.8, 4) is 12.3 Å². The molecule has 0 rings (SSSR count). The third-order valence-corrected chi connectivity index (χ3v) is 1.91. The second-order valence-corrected chi connectivity index (χ2v) is 5.03. The van der Waals surface area contributed by atoms with Crippen LogP contribution in [-0.4, -0.2) is 28.9 Å². The van der Waals surface area contributed by atoms with E-state index in [0.29, 0.717) is 0 Å². The number of ether oxygens (including phenoxy) is 1. The fourth-order valence-electron chi connectivity index (χ4n) is 1.16. The van der Waals surface area contributed by atoms with Gasteiger partial charge in [0.25, 0.3) is 0 Å². The van der Waals surface area contributed by atoms with E-state index in [1.165, 1.54) is 0 Å². The highest BCUT2D eigenvalue weighted by Gasteiger charge is 2.25. The highest BCUT2D eigenvalue weighted by atomic mass is 16.6. The zero-order chi connectivity index (χ0) is 12.9. The number of amides is 1. The summed E-state index contributed by atoms with van der Waals surface area (Å²) in [6, 6.07) is -0.500. The molecule has 0 spiro atoms. The van der Waals surface area contributed by atoms with Crippen molar-refractivity contribution >= 4 is 6.09 Å². The van der Waals surface area contributed by atoms with Gasteiger partial charge in [0, 0.05) is 0 Å². The van der Waals surface area contributed by atoms with Gasteiger partial charge in [0.1, 0.15) is 11.7 Å². The lowest BCUT2D eigenvalue weighted by Gasteiger charge is -2.26. The molecule has 2 unspecified atom stereocenters. The van der Waals surface area contributed by atoms with E-state index in [-0.39, 0.29) is 5.92 Å². The van der Waals surface area contributed by atoms with Gasteiger partial charge in [-0.15, -0.1) is 6.42 Å². The summed E-state index contributed by atoms with van der Waals surface area (Å²) >= 11 is 0. The lowest BCUT2D eigenvalue weighted by Crippen LogP contribution is -2.47. The fraction of sp³-hybridized carbons (Fsp3) is 0.750. The van der Waals surface area contributed by atoms with Gasteiger partial charge < -0.3 is 15.2 Å². The van der Waals surface area contributed by atoms with Crippen LogP contribution in [0.25, 0.3) is 0 Å². The summed E-state index contributed by atoms with van der Waals surface area (Å²) in [6.07, 6.45) is 3.55. The SMILES string of the molecule is C#CC(O)C(NC(=O)OC(C)(C)C)C(C)C. The maximum atomic E-state index is 11.5. The Morgan fingerprint density at radius 1 is 1.44 bits per heavy atom. The van der Waals surface area contributed by atoms with Crippen molar-refractivity contribution in [1.82, 2.24) is 5.32 Å². The molecule has 2 atom stereocenters. The van der Waals surface area contributed by atoms with Crippen molar-refractivity contribution in [2.45, 2.75) is 52.4 Å². The van der Waals surface area contributed by atoms with Crippen molar-refractivity contribution in [3.05, 3.63) is 0 Å². The van der Waals surface area contributed by atoms with Crippen molar-refractivity contribution in [3.63, 3.8) is 0 Å². The van der Waals surface area contributed by atoms with Gasteiger partial charge in [-0.2, -0.15) is 0 Å². The van der Waals surface area contributed by atoms with Crippen LogP contribution >= 0.6 is 0 Å². The third-order valence-electron chi connectivity index (χ3n) is 1.91. The molecule has 4 heteroatoms. The molecule has 0 aliphatic carbocycles. The van der Waals surface area contributed by atoms with Crippen molar-refractivity contribution in [2.75, 3.05) is 0 Å². The van der Waals surface area contributed by atoms with E-state index in [1.54, 1.807) is 20.8 Å². The van der Waals surface area contributed by atoms with Gasteiger partial charge in [0.15, 0.2) is 0 Å². The molecule has 0 radical (unpaired) electrons. The molecule has 0 saturated carbocycles. The third kappa shape index (κ3) is 5.62. The van der Waals surface area contributed by atoms with Gasteiger partial charge in [-0.1, -0.05) is 19.8 Å². The number of aliphatic hydroxyl groups is 1. The average molecular weight is 227 g/mol. The minimum Gasteiger partial charge on any atom is -0.444 e. The summed E-state index contributed by atoms with van der Waals surface area (Å²) in [6.45, 7) is 9.04. The van der Waals surface area contributed by atoms with Gasteiger partial charge in [-0.25, -0.2) is 4.79 Å². The molecule has 0 saturated heterocycles. The monoisotopic (exact) mass is 227 g/mol. The molecule has 0 fully saturated rings. The van der Waals surface area contributed by atoms with Crippen LogP contribution in [0.2, 0.25) is 0 Å². The Bertz CT molecular complexity index is 273. The molecular weight excluding hydrogens is 206 g/mol. The highest BCUT2D eigenvalue weighted by Crippen LogP contribution is 2.10. The maximum absolute atomic E-state index is 11.5. The van der Waals surface area contributed by atoms with Crippen LogP contribution in [0.3, 0.4) is 0 Å². The first kappa shape index (κ1) is 14.8. The first-order valence-electron chi connectivity index (χ1n) is 5.31. The molecular formula is C12H21NO3. The van der Waals surface area contributed by atoms with Crippen LogP contribution in [0.4, 0.5) is 4.79 Å². The summed E-state index contributed by atoms with van der Waals surface area (Å²) in [5.74, 6) is 2.23. The number of aliphatic hydroxyl groups excluding tert-OH is 1. The fourth-order valence-corrected chi connectivity index (χ4v) is 1.16. The molecule has 0 aliphatic heterocycles. The Morgan fingerprint density at radius 2 is 1.94 bits per heavy atom. The van der Waals surface area contributed by atoms with Gasteiger partial charge in [0.05, 0.1) is 6.04 Å². The van der Waals surface area contributed by atoms with Crippen molar-refractivity contribution < 1.29 is 14.6 Å². The number of terminal acetylenes is 1. The number of rotatable bonds is 3. The number of carbonyl (C=O) groups excluding carboxylic acids is 1. The standard InChI is InChI=1S/C12H21NO3/c1-7-9(14)10(8(2)3)13-11(15)16-12(4,5)6/h1,8-10,14H,2-6H3,(H,13,15). The second kappa shape index (κ2) is 5.76. The Kier molecular flexibility index (Phi) is 5.32. The highest BCUT2D eigenvalue weighted by molar-refractivity contribution is 5.68. The first-order chi connectivity index (χ1) is 7.17. The predicted octanol–water partition coefficient (Wildman–Crippen LogP) is 1.53. The van der Waals surface area contributed by atoms with Gasteiger partial charge >= 0.3 is 6.09 Å². The Labute approximate surface area is 97.4 Å². The smallest absolute Gasteiger partial charge is 0.408 e. The van der Waals surface area contributed by atoms with E-state index in [2.05, 4.69) is 11.2 Å². The summed E-state index contributed by atoms with van der Waals surface area (Å²) < 4.78 is 5.08. The molecule has 0 aromatic heterocycles. The maximum Gasteiger partial charge on any atom is 0.408 e. The quantitative estimate of drug-likeness (QED) is 0.719. The first-order valence-corrected chi connectivity index (χ1v) is 5.31. The molecule has 92 valence electrons. The van der Waals surface area contributed by atoms with Crippen LogP contribution < -0.4 is 5.32 Å². The van der Waals surface area contributed by atoms with E-state index in [0.717, 1.165) is 0 Å².